The summed E-state index contributed by atoms with van der Waals surface area (Å²) in [4.78, 5) is 18.5. The van der Waals surface area contributed by atoms with Gasteiger partial charge in [-0.1, -0.05) is 54.1 Å². The van der Waals surface area contributed by atoms with Gasteiger partial charge in [0.2, 0.25) is 0 Å². The molecule has 0 saturated carbocycles. The number of amides is 1. The molecule has 0 bridgehead atoms. The van der Waals surface area contributed by atoms with Crippen LogP contribution in [0.15, 0.2) is 65.2 Å². The Morgan fingerprint density at radius 1 is 1.10 bits per heavy atom. The van der Waals surface area contributed by atoms with Crippen LogP contribution < -0.4 is 10.6 Å². The fraction of sp³-hybridized carbons (Fsp3) is 0.304. The fourth-order valence-electron chi connectivity index (χ4n) is 3.42. The molecule has 0 unspecified atom stereocenters. The first kappa shape index (κ1) is 22.9. The maximum absolute atomic E-state index is 11.8. The van der Waals surface area contributed by atoms with E-state index in [4.69, 9.17) is 0 Å². The second-order valence-electron chi connectivity index (χ2n) is 6.88. The summed E-state index contributed by atoms with van der Waals surface area (Å²) in [6.07, 6.45) is 4.39. The van der Waals surface area contributed by atoms with E-state index in [9.17, 15) is 4.79 Å². The van der Waals surface area contributed by atoms with E-state index >= 15 is 0 Å². The van der Waals surface area contributed by atoms with Crippen molar-refractivity contribution in [2.45, 2.75) is 19.4 Å². The van der Waals surface area contributed by atoms with Crippen molar-refractivity contribution in [1.29, 1.82) is 0 Å². The summed E-state index contributed by atoms with van der Waals surface area (Å²) in [6.45, 7) is 2.55. The summed E-state index contributed by atoms with van der Waals surface area (Å²) in [5.41, 5.74) is 4.48. The predicted octanol–water partition coefficient (Wildman–Crippen LogP) is 3.92. The number of nitrogens with one attached hydrogen (secondary N) is 2. The number of aliphatic imine (C=N–C) groups is 1. The predicted molar refractivity (Wildman–Crippen MR) is 131 cm³/mol. The molecule has 0 radical (unpaired) electrons. The zero-order valence-electron chi connectivity index (χ0n) is 17.0. The molecule has 6 heteroatoms. The second-order valence-corrected chi connectivity index (χ2v) is 6.88. The highest BCUT2D eigenvalue weighted by molar-refractivity contribution is 14.0. The van der Waals surface area contributed by atoms with Gasteiger partial charge in [0.05, 0.1) is 0 Å². The van der Waals surface area contributed by atoms with Crippen molar-refractivity contribution in [1.82, 2.24) is 15.5 Å². The number of carbonyl (C=O) groups excluding carboxylic acids is 1. The second kappa shape index (κ2) is 11.6. The van der Waals surface area contributed by atoms with Crippen LogP contribution in [0.1, 0.15) is 34.3 Å². The minimum atomic E-state index is -0.0694. The van der Waals surface area contributed by atoms with Gasteiger partial charge >= 0.3 is 0 Å². The van der Waals surface area contributed by atoms with Gasteiger partial charge in [-0.15, -0.1) is 24.0 Å². The van der Waals surface area contributed by atoms with Gasteiger partial charge in [0.25, 0.3) is 5.91 Å². The number of piperidine rings is 1. The number of rotatable bonds is 4. The van der Waals surface area contributed by atoms with Crippen LogP contribution in [0, 0.1) is 0 Å². The largest absolute Gasteiger partial charge is 0.355 e. The van der Waals surface area contributed by atoms with Crippen LogP contribution in [0.3, 0.4) is 0 Å². The Morgan fingerprint density at radius 3 is 2.48 bits per heavy atom. The molecule has 1 aliphatic heterocycles. The first-order valence-corrected chi connectivity index (χ1v) is 9.70. The molecular formula is C23H29IN4O. The molecule has 0 aromatic heterocycles. The lowest BCUT2D eigenvalue weighted by Crippen LogP contribution is -2.44. The molecule has 29 heavy (non-hydrogen) atoms. The highest BCUT2D eigenvalue weighted by Crippen LogP contribution is 2.19. The zero-order chi connectivity index (χ0) is 19.8. The van der Waals surface area contributed by atoms with E-state index in [0.717, 1.165) is 37.5 Å². The quantitative estimate of drug-likeness (QED) is 0.377. The number of nitrogens with zero attached hydrogens (tertiary/aromatic N) is 2. The average Bonchev–Trinajstić information content (AvgIpc) is 2.75. The molecule has 1 heterocycles. The van der Waals surface area contributed by atoms with Crippen LogP contribution in [-0.4, -0.2) is 44.0 Å². The minimum absolute atomic E-state index is 0. The Kier molecular flexibility index (Phi) is 9.18. The molecule has 154 valence electrons. The summed E-state index contributed by atoms with van der Waals surface area (Å²) < 4.78 is 0. The van der Waals surface area contributed by atoms with Crippen molar-refractivity contribution in [3.63, 3.8) is 0 Å². The van der Waals surface area contributed by atoms with E-state index in [1.807, 2.05) is 37.4 Å². The fourth-order valence-corrected chi connectivity index (χ4v) is 3.42. The summed E-state index contributed by atoms with van der Waals surface area (Å²) in [5.74, 6) is 0.837. The minimum Gasteiger partial charge on any atom is -0.355 e. The van der Waals surface area contributed by atoms with Crippen LogP contribution in [-0.2, 0) is 6.54 Å². The highest BCUT2D eigenvalue weighted by Gasteiger charge is 2.17. The smallest absolute Gasteiger partial charge is 0.251 e. The Balaban J connectivity index is 0.00000300. The molecule has 1 saturated heterocycles. The van der Waals surface area contributed by atoms with Crippen molar-refractivity contribution in [3.05, 3.63) is 76.9 Å². The van der Waals surface area contributed by atoms with E-state index in [2.05, 4.69) is 50.9 Å². The maximum atomic E-state index is 11.8. The van der Waals surface area contributed by atoms with Gasteiger partial charge in [-0.2, -0.15) is 0 Å². The molecule has 3 rings (SSSR count). The SMILES string of the molecule is CN=C(NCc1cccc(C(=O)NC)c1)N1CCC(=Cc2ccccc2)CC1.I. The third kappa shape index (κ3) is 6.59. The van der Waals surface area contributed by atoms with Gasteiger partial charge in [-0.05, 0) is 36.1 Å². The molecule has 2 aromatic carbocycles. The Hall–Kier alpha value is -2.35. The molecule has 2 N–H and O–H groups in total. The molecular weight excluding hydrogens is 475 g/mol. The number of hydrogen-bond donors (Lipinski definition) is 2. The van der Waals surface area contributed by atoms with E-state index in [1.54, 1.807) is 7.05 Å². The molecule has 1 aliphatic rings. The number of halogens is 1. The van der Waals surface area contributed by atoms with Gasteiger partial charge in [0, 0.05) is 39.3 Å². The Labute approximate surface area is 190 Å². The molecule has 1 fully saturated rings. The number of likely N-dealkylation sites (tertiary alicyclic amines) is 1. The summed E-state index contributed by atoms with van der Waals surface area (Å²) in [5, 5.41) is 6.09. The summed E-state index contributed by atoms with van der Waals surface area (Å²) >= 11 is 0. The Bertz CT molecular complexity index is 854. The van der Waals surface area contributed by atoms with Gasteiger partial charge in [-0.3, -0.25) is 9.79 Å². The molecule has 2 aromatic rings. The molecule has 0 spiro atoms. The average molecular weight is 504 g/mol. The molecule has 0 aliphatic carbocycles. The van der Waals surface area contributed by atoms with Crippen LogP contribution in [0.2, 0.25) is 0 Å². The maximum Gasteiger partial charge on any atom is 0.251 e. The van der Waals surface area contributed by atoms with Crippen molar-refractivity contribution in [2.75, 3.05) is 27.2 Å². The van der Waals surface area contributed by atoms with E-state index in [1.165, 1.54) is 11.1 Å². The number of benzene rings is 2. The monoisotopic (exact) mass is 504 g/mol. The van der Waals surface area contributed by atoms with Crippen molar-refractivity contribution >= 4 is 41.9 Å². The summed E-state index contributed by atoms with van der Waals surface area (Å²) in [7, 11) is 3.46. The van der Waals surface area contributed by atoms with Crippen LogP contribution in [0.25, 0.3) is 6.08 Å². The Morgan fingerprint density at radius 2 is 1.83 bits per heavy atom. The lowest BCUT2D eigenvalue weighted by atomic mass is 10.0. The molecule has 1 amide bonds. The highest BCUT2D eigenvalue weighted by atomic mass is 127. The topological polar surface area (TPSA) is 56.7 Å². The molecule has 5 nitrogen and oxygen atoms in total. The van der Waals surface area contributed by atoms with Gasteiger partial charge in [-0.25, -0.2) is 0 Å². The van der Waals surface area contributed by atoms with E-state index in [-0.39, 0.29) is 29.9 Å². The van der Waals surface area contributed by atoms with Gasteiger partial charge < -0.3 is 15.5 Å². The number of guanidine groups is 1. The third-order valence-corrected chi connectivity index (χ3v) is 4.95. The standard InChI is InChI=1S/C23H28N4O.HI/c1-24-22(28)21-10-6-9-20(16-21)17-26-23(25-2)27-13-11-19(12-14-27)15-18-7-4-3-5-8-18;/h3-10,15-16H,11-14,17H2,1-2H3,(H,24,28)(H,25,26);1H. The van der Waals surface area contributed by atoms with E-state index < -0.39 is 0 Å². The van der Waals surface area contributed by atoms with Crippen LogP contribution in [0.4, 0.5) is 0 Å². The summed E-state index contributed by atoms with van der Waals surface area (Å²) in [6, 6.07) is 18.1. The lowest BCUT2D eigenvalue weighted by molar-refractivity contribution is 0.0963. The van der Waals surface area contributed by atoms with E-state index in [0.29, 0.717) is 12.1 Å². The first-order chi connectivity index (χ1) is 13.7. The van der Waals surface area contributed by atoms with Crippen molar-refractivity contribution < 1.29 is 4.79 Å². The lowest BCUT2D eigenvalue weighted by Gasteiger charge is -2.31. The third-order valence-electron chi connectivity index (χ3n) is 4.95. The van der Waals surface area contributed by atoms with Crippen LogP contribution in [0.5, 0.6) is 0 Å². The first-order valence-electron chi connectivity index (χ1n) is 9.70. The molecule has 0 atom stereocenters. The number of hydrogen-bond acceptors (Lipinski definition) is 2. The van der Waals surface area contributed by atoms with Crippen molar-refractivity contribution in [3.8, 4) is 0 Å². The zero-order valence-corrected chi connectivity index (χ0v) is 19.4. The van der Waals surface area contributed by atoms with Crippen molar-refractivity contribution in [2.24, 2.45) is 4.99 Å². The van der Waals surface area contributed by atoms with Crippen LogP contribution >= 0.6 is 24.0 Å². The normalized spacial score (nSPS) is 14.1. The van der Waals surface area contributed by atoms with Gasteiger partial charge in [0.15, 0.2) is 5.96 Å². The van der Waals surface area contributed by atoms with Gasteiger partial charge in [0.1, 0.15) is 0 Å². The number of carbonyl (C=O) groups is 1.